The van der Waals surface area contributed by atoms with E-state index >= 15 is 0 Å². The fourth-order valence-electron chi connectivity index (χ4n) is 4.27. The van der Waals surface area contributed by atoms with Crippen LogP contribution in [0.3, 0.4) is 0 Å². The van der Waals surface area contributed by atoms with Crippen LogP contribution in [0.5, 0.6) is 0 Å². The smallest absolute Gasteiger partial charge is 0.0477 e. The molecule has 0 spiro atoms. The van der Waals surface area contributed by atoms with Crippen molar-refractivity contribution in [3.63, 3.8) is 0 Å². The number of rotatable bonds is 13. The van der Waals surface area contributed by atoms with Crippen molar-refractivity contribution in [2.45, 2.75) is 85.0 Å². The van der Waals surface area contributed by atoms with Gasteiger partial charge in [-0.1, -0.05) is 52.4 Å². The molecule has 0 bridgehead atoms. The van der Waals surface area contributed by atoms with Crippen LogP contribution in [-0.2, 0) is 12.8 Å². The molecule has 4 aromatic heterocycles. The molecule has 0 aliphatic rings. The van der Waals surface area contributed by atoms with Gasteiger partial charge in [-0.3, -0.25) is 0 Å². The van der Waals surface area contributed by atoms with Crippen molar-refractivity contribution >= 4 is 45.3 Å². The average Bonchev–Trinajstić information content (AvgIpc) is 3.60. The number of aryl methyl sites for hydroxylation is 3. The van der Waals surface area contributed by atoms with Crippen LogP contribution >= 0.6 is 45.3 Å². The lowest BCUT2D eigenvalue weighted by atomic mass is 10.1. The van der Waals surface area contributed by atoms with E-state index in [0.29, 0.717) is 0 Å². The topological polar surface area (TPSA) is 0 Å². The standard InChI is InChI=1S/C29H36S4/c1-4-6-8-10-12-22-20-21(3)30-29(22)28-19-18-27(33-28)26-17-16-25(32-26)24-15-14-23(31-24)13-11-9-7-5-2/h14-20H,4-13H2,1-3H3. The number of thiophene rings is 4. The predicted molar refractivity (Wildman–Crippen MR) is 155 cm³/mol. The van der Waals surface area contributed by atoms with E-state index in [1.54, 1.807) is 5.56 Å². The third kappa shape index (κ3) is 6.69. The van der Waals surface area contributed by atoms with E-state index in [1.807, 2.05) is 45.3 Å². The normalized spacial score (nSPS) is 11.5. The molecule has 4 heteroatoms. The van der Waals surface area contributed by atoms with Crippen molar-refractivity contribution in [2.75, 3.05) is 0 Å². The molecule has 0 aromatic carbocycles. The second kappa shape index (κ2) is 12.5. The van der Waals surface area contributed by atoms with Gasteiger partial charge in [0.2, 0.25) is 0 Å². The molecule has 0 radical (unpaired) electrons. The first-order chi connectivity index (χ1) is 16.2. The van der Waals surface area contributed by atoms with Crippen molar-refractivity contribution in [1.82, 2.24) is 0 Å². The summed E-state index contributed by atoms with van der Waals surface area (Å²) in [7, 11) is 0. The van der Waals surface area contributed by atoms with E-state index in [4.69, 9.17) is 0 Å². The highest BCUT2D eigenvalue weighted by Gasteiger charge is 2.14. The lowest BCUT2D eigenvalue weighted by Crippen LogP contribution is -1.85. The third-order valence-electron chi connectivity index (χ3n) is 6.09. The molecule has 0 amide bonds. The first-order valence-electron chi connectivity index (χ1n) is 12.6. The van der Waals surface area contributed by atoms with Gasteiger partial charge in [-0.2, -0.15) is 0 Å². The van der Waals surface area contributed by atoms with Crippen LogP contribution in [0.15, 0.2) is 42.5 Å². The first kappa shape index (κ1) is 24.9. The minimum Gasteiger partial charge on any atom is -0.139 e. The Kier molecular flexibility index (Phi) is 9.43. The van der Waals surface area contributed by atoms with Gasteiger partial charge in [0.25, 0.3) is 0 Å². The first-order valence-corrected chi connectivity index (χ1v) is 15.8. The van der Waals surface area contributed by atoms with E-state index in [1.165, 1.54) is 103 Å². The van der Waals surface area contributed by atoms with Gasteiger partial charge in [-0.25, -0.2) is 0 Å². The lowest BCUT2D eigenvalue weighted by molar-refractivity contribution is 0.668. The Hall–Kier alpha value is -1.20. The van der Waals surface area contributed by atoms with Crippen molar-refractivity contribution in [1.29, 1.82) is 0 Å². The van der Waals surface area contributed by atoms with E-state index in [-0.39, 0.29) is 0 Å². The van der Waals surface area contributed by atoms with Crippen LogP contribution in [0.2, 0.25) is 0 Å². The van der Waals surface area contributed by atoms with E-state index in [0.717, 1.165) is 0 Å². The minimum absolute atomic E-state index is 1.22. The molecular formula is C29H36S4. The van der Waals surface area contributed by atoms with Gasteiger partial charge in [-0.05, 0) is 80.6 Å². The summed E-state index contributed by atoms with van der Waals surface area (Å²) in [5, 5.41) is 0. The molecule has 0 aliphatic heterocycles. The summed E-state index contributed by atoms with van der Waals surface area (Å²) in [6, 6.07) is 16.4. The Morgan fingerprint density at radius 1 is 0.545 bits per heavy atom. The molecule has 0 N–H and O–H groups in total. The van der Waals surface area contributed by atoms with Crippen LogP contribution in [0, 0.1) is 6.92 Å². The Labute approximate surface area is 216 Å². The van der Waals surface area contributed by atoms with E-state index in [2.05, 4.69) is 63.2 Å². The van der Waals surface area contributed by atoms with E-state index < -0.39 is 0 Å². The fourth-order valence-corrected chi connectivity index (χ4v) is 8.72. The van der Waals surface area contributed by atoms with Gasteiger partial charge in [0.1, 0.15) is 0 Å². The number of hydrogen-bond acceptors (Lipinski definition) is 4. The highest BCUT2D eigenvalue weighted by molar-refractivity contribution is 7.28. The van der Waals surface area contributed by atoms with E-state index in [9.17, 15) is 0 Å². The van der Waals surface area contributed by atoms with Gasteiger partial charge in [0.05, 0.1) is 0 Å². The molecule has 0 nitrogen and oxygen atoms in total. The highest BCUT2D eigenvalue weighted by Crippen LogP contribution is 2.44. The zero-order chi connectivity index (χ0) is 23.0. The summed E-state index contributed by atoms with van der Waals surface area (Å²) in [5.74, 6) is 0. The Bertz CT molecular complexity index is 1120. The Morgan fingerprint density at radius 3 is 1.76 bits per heavy atom. The Balaban J connectivity index is 1.44. The number of unbranched alkanes of at least 4 members (excludes halogenated alkanes) is 6. The van der Waals surface area contributed by atoms with Crippen LogP contribution in [0.4, 0.5) is 0 Å². The van der Waals surface area contributed by atoms with Crippen LogP contribution in [0.1, 0.15) is 80.5 Å². The fraction of sp³-hybridized carbons (Fsp3) is 0.448. The molecule has 4 rings (SSSR count). The molecule has 0 atom stereocenters. The van der Waals surface area contributed by atoms with Gasteiger partial charge in [0.15, 0.2) is 0 Å². The average molecular weight is 513 g/mol. The monoisotopic (exact) mass is 512 g/mol. The Morgan fingerprint density at radius 2 is 1.09 bits per heavy atom. The summed E-state index contributed by atoms with van der Waals surface area (Å²) in [6.07, 6.45) is 13.1. The quantitative estimate of drug-likeness (QED) is 0.156. The summed E-state index contributed by atoms with van der Waals surface area (Å²) in [4.78, 5) is 11.6. The maximum atomic E-state index is 2.42. The zero-order valence-corrected chi connectivity index (χ0v) is 23.5. The molecule has 4 heterocycles. The molecular weight excluding hydrogens is 477 g/mol. The maximum Gasteiger partial charge on any atom is 0.0477 e. The van der Waals surface area contributed by atoms with Crippen LogP contribution in [-0.4, -0.2) is 0 Å². The molecule has 0 unspecified atom stereocenters. The third-order valence-corrected chi connectivity index (χ3v) is 11.1. The minimum atomic E-state index is 1.22. The largest absolute Gasteiger partial charge is 0.139 e. The zero-order valence-electron chi connectivity index (χ0n) is 20.2. The molecule has 176 valence electrons. The van der Waals surface area contributed by atoms with Crippen molar-refractivity contribution in [3.8, 4) is 29.3 Å². The van der Waals surface area contributed by atoms with Crippen LogP contribution in [0.25, 0.3) is 29.3 Å². The van der Waals surface area contributed by atoms with Gasteiger partial charge >= 0.3 is 0 Å². The molecule has 0 aliphatic carbocycles. The highest BCUT2D eigenvalue weighted by atomic mass is 32.1. The van der Waals surface area contributed by atoms with Crippen molar-refractivity contribution in [3.05, 3.63) is 57.8 Å². The van der Waals surface area contributed by atoms with Crippen LogP contribution < -0.4 is 0 Å². The summed E-state index contributed by atoms with van der Waals surface area (Å²) < 4.78 is 0. The predicted octanol–water partition coefficient (Wildman–Crippen LogP) is 11.5. The molecule has 0 saturated carbocycles. The summed E-state index contributed by atoms with van der Waals surface area (Å²) in [6.45, 7) is 6.82. The second-order valence-corrected chi connectivity index (χ2v) is 13.5. The lowest BCUT2D eigenvalue weighted by Gasteiger charge is -2.02. The molecule has 4 aromatic rings. The molecule has 0 fully saturated rings. The SMILES string of the molecule is CCCCCCc1ccc(-c2ccc(-c3ccc(-c4sc(C)cc4CCCCCC)s3)s2)s1. The van der Waals surface area contributed by atoms with Crippen molar-refractivity contribution in [2.24, 2.45) is 0 Å². The van der Waals surface area contributed by atoms with Gasteiger partial charge in [0, 0.05) is 39.0 Å². The molecule has 0 saturated heterocycles. The van der Waals surface area contributed by atoms with Gasteiger partial charge < -0.3 is 0 Å². The van der Waals surface area contributed by atoms with Crippen molar-refractivity contribution < 1.29 is 0 Å². The van der Waals surface area contributed by atoms with Gasteiger partial charge in [-0.15, -0.1) is 45.3 Å². The molecule has 33 heavy (non-hydrogen) atoms. The second-order valence-electron chi connectivity index (χ2n) is 8.93. The number of hydrogen-bond donors (Lipinski definition) is 0. The summed E-state index contributed by atoms with van der Waals surface area (Å²) in [5.41, 5.74) is 1.55. The maximum absolute atomic E-state index is 2.42. The summed E-state index contributed by atoms with van der Waals surface area (Å²) >= 11 is 7.87.